The van der Waals surface area contributed by atoms with E-state index in [-0.39, 0.29) is 16.7 Å². The smallest absolute Gasteiger partial charge is 0.248 e. The molecule has 2 aliphatic rings. The number of nitrogens with one attached hydrogen (secondary N) is 2. The summed E-state index contributed by atoms with van der Waals surface area (Å²) in [4.78, 5) is 16.8. The van der Waals surface area contributed by atoms with Gasteiger partial charge in [0.25, 0.3) is 0 Å². The fourth-order valence-electron chi connectivity index (χ4n) is 5.55. The highest BCUT2D eigenvalue weighted by atomic mass is 32.2. The Labute approximate surface area is 198 Å². The Morgan fingerprint density at radius 2 is 1.85 bits per heavy atom. The summed E-state index contributed by atoms with van der Waals surface area (Å²) in [6.45, 7) is 2.27. The molecule has 2 fully saturated rings. The molecule has 0 aliphatic heterocycles. The molecular formula is C25H27N3O5S. The van der Waals surface area contributed by atoms with E-state index in [1.54, 1.807) is 17.6 Å². The average Bonchev–Trinajstić information content (AvgIpc) is 3.44. The zero-order valence-corrected chi connectivity index (χ0v) is 19.6. The van der Waals surface area contributed by atoms with Crippen LogP contribution in [0.1, 0.15) is 30.5 Å². The van der Waals surface area contributed by atoms with Crippen molar-refractivity contribution >= 4 is 26.8 Å². The van der Waals surface area contributed by atoms with Gasteiger partial charge in [0.15, 0.2) is 0 Å². The molecule has 2 unspecified atom stereocenters. The third-order valence-corrected chi connectivity index (χ3v) is 8.55. The second kappa shape index (κ2) is 8.98. The van der Waals surface area contributed by atoms with E-state index < -0.39 is 27.9 Å². The predicted molar refractivity (Wildman–Crippen MR) is 126 cm³/mol. The van der Waals surface area contributed by atoms with Crippen LogP contribution < -0.4 is 14.9 Å². The van der Waals surface area contributed by atoms with E-state index in [0.29, 0.717) is 12.4 Å². The summed E-state index contributed by atoms with van der Waals surface area (Å²) in [5.74, 6) is -0.339. The van der Waals surface area contributed by atoms with Crippen LogP contribution in [0.3, 0.4) is 0 Å². The van der Waals surface area contributed by atoms with Crippen LogP contribution in [0.15, 0.2) is 59.5 Å². The molecule has 2 aromatic carbocycles. The first-order valence-corrected chi connectivity index (χ1v) is 12.9. The molecule has 1 aromatic heterocycles. The van der Waals surface area contributed by atoms with E-state index in [1.807, 2.05) is 37.3 Å². The largest absolute Gasteiger partial charge is 0.489 e. The van der Waals surface area contributed by atoms with Gasteiger partial charge in [-0.25, -0.2) is 18.6 Å². The molecule has 2 saturated carbocycles. The van der Waals surface area contributed by atoms with Crippen molar-refractivity contribution in [2.45, 2.75) is 43.7 Å². The molecule has 0 radical (unpaired) electrons. The van der Waals surface area contributed by atoms with Gasteiger partial charge in [-0.05, 0) is 74.4 Å². The van der Waals surface area contributed by atoms with Crippen LogP contribution in [-0.2, 0) is 21.4 Å². The number of hydroxylamine groups is 1. The van der Waals surface area contributed by atoms with E-state index in [0.717, 1.165) is 41.4 Å². The minimum absolute atomic E-state index is 0.0912. The van der Waals surface area contributed by atoms with Gasteiger partial charge in [0.05, 0.1) is 16.3 Å². The van der Waals surface area contributed by atoms with E-state index >= 15 is 0 Å². The second-order valence-corrected chi connectivity index (χ2v) is 10.9. The zero-order valence-electron chi connectivity index (χ0n) is 18.8. The minimum Gasteiger partial charge on any atom is -0.489 e. The number of benzene rings is 2. The number of carbonyl (C=O) groups excluding carboxylic acids is 1. The topological polar surface area (TPSA) is 118 Å². The Morgan fingerprint density at radius 1 is 1.12 bits per heavy atom. The predicted octanol–water partition coefficient (Wildman–Crippen LogP) is 3.32. The number of amides is 1. The van der Waals surface area contributed by atoms with Gasteiger partial charge >= 0.3 is 0 Å². The summed E-state index contributed by atoms with van der Waals surface area (Å²) in [5.41, 5.74) is 4.51. The maximum Gasteiger partial charge on any atom is 0.248 e. The second-order valence-electron chi connectivity index (χ2n) is 9.18. The van der Waals surface area contributed by atoms with Gasteiger partial charge in [-0.2, -0.15) is 0 Å². The van der Waals surface area contributed by atoms with Gasteiger partial charge < -0.3 is 4.74 Å². The number of nitrogens with zero attached hydrogens (tertiary/aromatic N) is 1. The number of fused-ring (bicyclic) bond motifs is 3. The number of sulfonamides is 1. The van der Waals surface area contributed by atoms with Crippen LogP contribution in [0, 0.1) is 24.7 Å². The Bertz CT molecular complexity index is 1330. The maximum absolute atomic E-state index is 13.0. The summed E-state index contributed by atoms with van der Waals surface area (Å²) in [7, 11) is -3.83. The molecule has 9 heteroatoms. The number of aryl methyl sites for hydroxylation is 1. The molecule has 0 saturated heterocycles. The van der Waals surface area contributed by atoms with Crippen molar-refractivity contribution < 1.29 is 23.2 Å². The zero-order chi connectivity index (χ0) is 23.9. The number of aromatic nitrogens is 1. The molecule has 34 heavy (non-hydrogen) atoms. The summed E-state index contributed by atoms with van der Waals surface area (Å²) in [6, 6.07) is 15.6. The highest BCUT2D eigenvalue weighted by molar-refractivity contribution is 7.89. The molecule has 5 rings (SSSR count). The van der Waals surface area contributed by atoms with E-state index in [9.17, 15) is 13.2 Å². The SMILES string of the molecule is Cc1cc(COc2ccc(S(=O)(=O)N[C@@H]3C4CCC(C4)[C@@H]3C(=O)NO)cc2)c2ccccc2n1. The van der Waals surface area contributed by atoms with Crippen molar-refractivity contribution in [3.8, 4) is 5.75 Å². The van der Waals surface area contributed by atoms with Gasteiger partial charge in [0, 0.05) is 22.7 Å². The minimum atomic E-state index is -3.83. The number of pyridine rings is 1. The number of para-hydroxylation sites is 1. The van der Waals surface area contributed by atoms with E-state index in [4.69, 9.17) is 9.94 Å². The van der Waals surface area contributed by atoms with Crippen LogP contribution in [0.25, 0.3) is 10.9 Å². The number of rotatable bonds is 7. The lowest BCUT2D eigenvalue weighted by atomic mass is 9.84. The summed E-state index contributed by atoms with van der Waals surface area (Å²) >= 11 is 0. The van der Waals surface area contributed by atoms with Crippen molar-refractivity contribution in [1.29, 1.82) is 0 Å². The van der Waals surface area contributed by atoms with Gasteiger partial charge in [0.1, 0.15) is 12.4 Å². The molecule has 178 valence electrons. The number of ether oxygens (including phenoxy) is 1. The molecule has 1 heterocycles. The Hall–Kier alpha value is -3.01. The van der Waals surface area contributed by atoms with Crippen molar-refractivity contribution in [3.63, 3.8) is 0 Å². The fraction of sp³-hybridized carbons (Fsp3) is 0.360. The fourth-order valence-corrected chi connectivity index (χ4v) is 6.88. The third kappa shape index (κ3) is 4.26. The Morgan fingerprint density at radius 3 is 2.62 bits per heavy atom. The standard InChI is InChI=1S/C25H27N3O5S/c1-15-12-18(21-4-2-3-5-22(21)26-15)14-33-19-8-10-20(11-9-19)34(31,32)28-24-17-7-6-16(13-17)23(24)25(29)27-30/h2-5,8-12,16-17,23-24,28,30H,6-7,13-14H2,1H3,(H,27,29)/t16?,17?,23-,24+/m0/s1. The highest BCUT2D eigenvalue weighted by Gasteiger charge is 2.52. The van der Waals surface area contributed by atoms with Gasteiger partial charge in [-0.15, -0.1) is 0 Å². The molecule has 2 aliphatic carbocycles. The normalized spacial score (nSPS) is 23.8. The molecule has 3 aromatic rings. The highest BCUT2D eigenvalue weighted by Crippen LogP contribution is 2.49. The molecule has 1 amide bonds. The lowest BCUT2D eigenvalue weighted by Gasteiger charge is -2.29. The quantitative estimate of drug-likeness (QED) is 0.352. The molecule has 0 spiro atoms. The molecule has 3 N–H and O–H groups in total. The van der Waals surface area contributed by atoms with Crippen molar-refractivity contribution in [2.75, 3.05) is 0 Å². The van der Waals surface area contributed by atoms with Crippen LogP contribution in [0.4, 0.5) is 0 Å². The third-order valence-electron chi connectivity index (χ3n) is 7.08. The Balaban J connectivity index is 1.29. The molecule has 8 nitrogen and oxygen atoms in total. The number of carbonyl (C=O) groups is 1. The van der Waals surface area contributed by atoms with Crippen molar-refractivity contribution in [1.82, 2.24) is 15.2 Å². The number of hydrogen-bond donors (Lipinski definition) is 3. The van der Waals surface area contributed by atoms with Crippen molar-refractivity contribution in [2.24, 2.45) is 17.8 Å². The van der Waals surface area contributed by atoms with Crippen LogP contribution in [-0.4, -0.2) is 30.6 Å². The van der Waals surface area contributed by atoms with E-state index in [1.165, 1.54) is 12.1 Å². The molecule has 2 bridgehead atoms. The van der Waals surface area contributed by atoms with Crippen LogP contribution in [0.5, 0.6) is 5.75 Å². The van der Waals surface area contributed by atoms with Gasteiger partial charge in [-0.1, -0.05) is 18.2 Å². The molecule has 4 atom stereocenters. The summed E-state index contributed by atoms with van der Waals surface area (Å²) < 4.78 is 34.7. The Kier molecular flexibility index (Phi) is 6.01. The van der Waals surface area contributed by atoms with Crippen molar-refractivity contribution in [3.05, 3.63) is 65.9 Å². The van der Waals surface area contributed by atoms with E-state index in [2.05, 4.69) is 9.71 Å². The average molecular weight is 482 g/mol. The first kappa shape index (κ1) is 22.8. The number of hydrogen-bond acceptors (Lipinski definition) is 6. The summed E-state index contributed by atoms with van der Waals surface area (Å²) in [6.07, 6.45) is 2.55. The van der Waals surface area contributed by atoms with Gasteiger partial charge in [-0.3, -0.25) is 15.0 Å². The molecular weight excluding hydrogens is 454 g/mol. The van der Waals surface area contributed by atoms with Crippen LogP contribution >= 0.6 is 0 Å². The lowest BCUT2D eigenvalue weighted by Crippen LogP contribution is -2.49. The van der Waals surface area contributed by atoms with Gasteiger partial charge in [0.2, 0.25) is 15.9 Å². The van der Waals surface area contributed by atoms with Crippen LogP contribution in [0.2, 0.25) is 0 Å². The maximum atomic E-state index is 13.0. The lowest BCUT2D eigenvalue weighted by molar-refractivity contribution is -0.135. The summed E-state index contributed by atoms with van der Waals surface area (Å²) in [5, 5.41) is 10.1. The first-order chi connectivity index (χ1) is 16.4. The first-order valence-electron chi connectivity index (χ1n) is 11.4. The monoisotopic (exact) mass is 481 g/mol.